The lowest BCUT2D eigenvalue weighted by molar-refractivity contribution is 0.190. The molecular weight excluding hydrogens is 330 g/mol. The minimum atomic E-state index is 0.223. The van der Waals surface area contributed by atoms with Crippen molar-refractivity contribution in [3.05, 3.63) is 71.7 Å². The van der Waals surface area contributed by atoms with Crippen molar-refractivity contribution in [3.8, 4) is 5.75 Å². The third-order valence-corrected chi connectivity index (χ3v) is 4.16. The molecule has 4 rings (SSSR count). The van der Waals surface area contributed by atoms with Gasteiger partial charge in [0.2, 0.25) is 11.8 Å². The van der Waals surface area contributed by atoms with Crippen LogP contribution in [0.1, 0.15) is 35.2 Å². The summed E-state index contributed by atoms with van der Waals surface area (Å²) in [5, 5.41) is 8.17. The minimum Gasteiger partial charge on any atom is -0.489 e. The second-order valence-corrected chi connectivity index (χ2v) is 6.09. The Bertz CT molecular complexity index is 854. The third kappa shape index (κ3) is 4.15. The molecule has 1 atom stereocenters. The van der Waals surface area contributed by atoms with E-state index in [2.05, 4.69) is 15.2 Å². The fourth-order valence-corrected chi connectivity index (χ4v) is 2.70. The van der Waals surface area contributed by atoms with Crippen LogP contribution in [-0.4, -0.2) is 28.4 Å². The van der Waals surface area contributed by atoms with Crippen molar-refractivity contribution < 1.29 is 13.9 Å². The number of hydrogen-bond donors (Lipinski definition) is 0. The largest absolute Gasteiger partial charge is 0.489 e. The molecule has 0 radical (unpaired) electrons. The van der Waals surface area contributed by atoms with E-state index in [0.29, 0.717) is 25.0 Å². The number of pyridine rings is 1. The predicted molar refractivity (Wildman–Crippen MR) is 96.4 cm³/mol. The Labute approximate surface area is 151 Å². The molecule has 0 amide bonds. The van der Waals surface area contributed by atoms with Crippen LogP contribution < -0.4 is 4.74 Å². The summed E-state index contributed by atoms with van der Waals surface area (Å²) >= 11 is 0. The van der Waals surface area contributed by atoms with Crippen molar-refractivity contribution >= 4 is 12.2 Å². The van der Waals surface area contributed by atoms with E-state index in [4.69, 9.17) is 13.9 Å². The highest BCUT2D eigenvalue weighted by molar-refractivity contribution is 5.66. The second-order valence-electron chi connectivity index (χ2n) is 6.09. The van der Waals surface area contributed by atoms with Gasteiger partial charge in [-0.05, 0) is 36.3 Å². The highest BCUT2D eigenvalue weighted by atomic mass is 16.5. The van der Waals surface area contributed by atoms with Gasteiger partial charge in [0, 0.05) is 30.6 Å². The number of hydrogen-bond acceptors (Lipinski definition) is 6. The van der Waals surface area contributed by atoms with Gasteiger partial charge in [0.1, 0.15) is 12.4 Å². The van der Waals surface area contributed by atoms with E-state index >= 15 is 0 Å². The Kier molecular flexibility index (Phi) is 5.02. The van der Waals surface area contributed by atoms with Crippen LogP contribution in [0, 0.1) is 0 Å². The zero-order valence-corrected chi connectivity index (χ0v) is 14.2. The van der Waals surface area contributed by atoms with Gasteiger partial charge in [0.15, 0.2) is 0 Å². The summed E-state index contributed by atoms with van der Waals surface area (Å²) in [6, 6.07) is 11.7. The number of benzene rings is 1. The SMILES string of the molecule is C(=C\c1nnc(C2CCOC2)o1)/c1ccc(OCc2cccnc2)cc1. The van der Waals surface area contributed by atoms with Crippen LogP contribution in [0.5, 0.6) is 5.75 Å². The minimum absolute atomic E-state index is 0.223. The van der Waals surface area contributed by atoms with E-state index < -0.39 is 0 Å². The molecule has 26 heavy (non-hydrogen) atoms. The molecule has 0 N–H and O–H groups in total. The monoisotopic (exact) mass is 349 g/mol. The Morgan fingerprint density at radius 1 is 1.12 bits per heavy atom. The molecule has 6 heteroatoms. The highest BCUT2D eigenvalue weighted by Gasteiger charge is 2.22. The molecule has 1 aliphatic rings. The number of rotatable bonds is 6. The predicted octanol–water partition coefficient (Wildman–Crippen LogP) is 3.72. The highest BCUT2D eigenvalue weighted by Crippen LogP contribution is 2.24. The maximum Gasteiger partial charge on any atom is 0.240 e. The van der Waals surface area contributed by atoms with Gasteiger partial charge in [0.05, 0.1) is 12.5 Å². The van der Waals surface area contributed by atoms with Crippen molar-refractivity contribution in [3.63, 3.8) is 0 Å². The molecule has 0 bridgehead atoms. The van der Waals surface area contributed by atoms with E-state index in [-0.39, 0.29) is 5.92 Å². The van der Waals surface area contributed by atoms with Crippen LogP contribution >= 0.6 is 0 Å². The second kappa shape index (κ2) is 7.93. The third-order valence-electron chi connectivity index (χ3n) is 4.16. The van der Waals surface area contributed by atoms with Gasteiger partial charge in [-0.25, -0.2) is 0 Å². The molecule has 0 aliphatic carbocycles. The molecule has 3 heterocycles. The van der Waals surface area contributed by atoms with E-state index in [1.54, 1.807) is 12.4 Å². The van der Waals surface area contributed by atoms with Crippen molar-refractivity contribution in [2.24, 2.45) is 0 Å². The summed E-state index contributed by atoms with van der Waals surface area (Å²) < 4.78 is 16.8. The summed E-state index contributed by atoms with van der Waals surface area (Å²) in [6.07, 6.45) is 8.24. The number of nitrogens with zero attached hydrogens (tertiary/aromatic N) is 3. The first-order chi connectivity index (χ1) is 12.9. The molecule has 1 aromatic carbocycles. The molecule has 0 spiro atoms. The molecule has 1 fully saturated rings. The van der Waals surface area contributed by atoms with Crippen LogP contribution in [0.2, 0.25) is 0 Å². The van der Waals surface area contributed by atoms with E-state index in [1.807, 2.05) is 48.6 Å². The van der Waals surface area contributed by atoms with Crippen LogP contribution in [0.15, 0.2) is 53.2 Å². The van der Waals surface area contributed by atoms with Gasteiger partial charge < -0.3 is 13.9 Å². The van der Waals surface area contributed by atoms with Crippen molar-refractivity contribution in [2.45, 2.75) is 18.9 Å². The number of ether oxygens (including phenoxy) is 2. The van der Waals surface area contributed by atoms with E-state index in [0.717, 1.165) is 29.9 Å². The van der Waals surface area contributed by atoms with Crippen molar-refractivity contribution in [2.75, 3.05) is 13.2 Å². The Morgan fingerprint density at radius 3 is 2.81 bits per heavy atom. The lowest BCUT2D eigenvalue weighted by Gasteiger charge is -2.05. The fraction of sp³-hybridized carbons (Fsp3) is 0.250. The first kappa shape index (κ1) is 16.5. The van der Waals surface area contributed by atoms with E-state index in [9.17, 15) is 0 Å². The quantitative estimate of drug-likeness (QED) is 0.675. The Hall–Kier alpha value is -2.99. The molecule has 3 aromatic rings. The first-order valence-corrected chi connectivity index (χ1v) is 8.58. The lowest BCUT2D eigenvalue weighted by Crippen LogP contribution is -1.97. The molecule has 1 aliphatic heterocycles. The smallest absolute Gasteiger partial charge is 0.240 e. The maximum atomic E-state index is 5.75. The van der Waals surface area contributed by atoms with Crippen molar-refractivity contribution in [1.29, 1.82) is 0 Å². The summed E-state index contributed by atoms with van der Waals surface area (Å²) in [4.78, 5) is 4.08. The van der Waals surface area contributed by atoms with Gasteiger partial charge in [-0.2, -0.15) is 0 Å². The zero-order chi connectivity index (χ0) is 17.6. The van der Waals surface area contributed by atoms with Crippen LogP contribution in [0.3, 0.4) is 0 Å². The lowest BCUT2D eigenvalue weighted by atomic mass is 10.1. The molecule has 132 valence electrons. The summed E-state index contributed by atoms with van der Waals surface area (Å²) in [5.74, 6) is 2.19. The van der Waals surface area contributed by atoms with E-state index in [1.165, 1.54) is 0 Å². The maximum absolute atomic E-state index is 5.75. The van der Waals surface area contributed by atoms with Gasteiger partial charge in [-0.15, -0.1) is 10.2 Å². The molecular formula is C20H19N3O3. The summed E-state index contributed by atoms with van der Waals surface area (Å²) in [6.45, 7) is 1.91. The fourth-order valence-electron chi connectivity index (χ4n) is 2.70. The Morgan fingerprint density at radius 2 is 2.04 bits per heavy atom. The van der Waals surface area contributed by atoms with Crippen LogP contribution in [0.4, 0.5) is 0 Å². The normalized spacial score (nSPS) is 17.0. The van der Waals surface area contributed by atoms with Crippen LogP contribution in [-0.2, 0) is 11.3 Å². The topological polar surface area (TPSA) is 70.3 Å². The van der Waals surface area contributed by atoms with Gasteiger partial charge in [0.25, 0.3) is 0 Å². The van der Waals surface area contributed by atoms with Crippen LogP contribution in [0.25, 0.3) is 12.2 Å². The zero-order valence-electron chi connectivity index (χ0n) is 14.2. The summed E-state index contributed by atoms with van der Waals surface area (Å²) in [5.41, 5.74) is 2.07. The molecule has 1 unspecified atom stereocenters. The average molecular weight is 349 g/mol. The first-order valence-electron chi connectivity index (χ1n) is 8.58. The summed E-state index contributed by atoms with van der Waals surface area (Å²) in [7, 11) is 0. The molecule has 1 saturated heterocycles. The van der Waals surface area contributed by atoms with Gasteiger partial charge in [-0.1, -0.05) is 18.2 Å². The number of aromatic nitrogens is 3. The van der Waals surface area contributed by atoms with Gasteiger partial charge >= 0.3 is 0 Å². The molecule has 6 nitrogen and oxygen atoms in total. The Balaban J connectivity index is 1.34. The molecule has 0 saturated carbocycles. The standard InChI is InChI=1S/C20H19N3O3/c1-2-16(12-21-10-1)13-25-18-6-3-15(4-7-18)5-8-19-22-23-20(26-19)17-9-11-24-14-17/h1-8,10,12,17H,9,11,13-14H2/b8-5+. The van der Waals surface area contributed by atoms with Gasteiger partial charge in [-0.3, -0.25) is 4.98 Å². The van der Waals surface area contributed by atoms with Crippen molar-refractivity contribution in [1.82, 2.24) is 15.2 Å². The molecule has 2 aromatic heterocycles. The average Bonchev–Trinajstić information content (AvgIpc) is 3.38.